The summed E-state index contributed by atoms with van der Waals surface area (Å²) in [6, 6.07) is 18.6. The third-order valence-electron chi connectivity index (χ3n) is 5.04. The maximum absolute atomic E-state index is 14.3. The highest BCUT2D eigenvalue weighted by Crippen LogP contribution is 2.33. The molecule has 1 aromatic heterocycles. The molecule has 0 fully saturated rings. The molecule has 1 heterocycles. The molecule has 4 rings (SSSR count). The van der Waals surface area contributed by atoms with Crippen LogP contribution in [0.1, 0.15) is 34.6 Å². The average molecular weight is 536 g/mol. The molecule has 3 N–H and O–H groups in total. The summed E-state index contributed by atoms with van der Waals surface area (Å²) in [4.78, 5) is 33.9. The van der Waals surface area contributed by atoms with E-state index in [1.54, 1.807) is 36.0 Å². The van der Waals surface area contributed by atoms with Crippen LogP contribution >= 0.6 is 23.4 Å². The number of halogens is 2. The largest absolute Gasteiger partial charge is 0.338 e. The fourth-order valence-electron chi connectivity index (χ4n) is 3.33. The van der Waals surface area contributed by atoms with Crippen molar-refractivity contribution in [2.24, 2.45) is 0 Å². The van der Waals surface area contributed by atoms with E-state index in [0.29, 0.717) is 16.5 Å². The molecule has 0 aliphatic carbocycles. The van der Waals surface area contributed by atoms with Gasteiger partial charge < -0.3 is 16.0 Å². The van der Waals surface area contributed by atoms with Crippen LogP contribution in [-0.2, 0) is 0 Å². The number of amides is 1. The van der Waals surface area contributed by atoms with Crippen LogP contribution in [0.5, 0.6) is 0 Å². The Morgan fingerprint density at radius 2 is 1.78 bits per heavy atom. The number of para-hydroxylation sites is 2. The van der Waals surface area contributed by atoms with Crippen molar-refractivity contribution in [3.63, 3.8) is 0 Å². The molecule has 0 unspecified atom stereocenters. The molecule has 0 aliphatic heterocycles. The molecule has 0 radical (unpaired) electrons. The van der Waals surface area contributed by atoms with Gasteiger partial charge in [0.15, 0.2) is 0 Å². The van der Waals surface area contributed by atoms with E-state index in [9.17, 15) is 14.0 Å². The first-order valence-corrected chi connectivity index (χ1v) is 12.6. The minimum atomic E-state index is -0.660. The van der Waals surface area contributed by atoms with Crippen molar-refractivity contribution >= 4 is 64.4 Å². The lowest BCUT2D eigenvalue weighted by Gasteiger charge is -2.16. The third kappa shape index (κ3) is 6.63. The van der Waals surface area contributed by atoms with Gasteiger partial charge in [0.1, 0.15) is 23.5 Å². The fraction of sp³-hybridized carbons (Fsp3) is 0.111. The normalized spacial score (nSPS) is 10.7. The molecule has 3 aromatic carbocycles. The van der Waals surface area contributed by atoms with Crippen LogP contribution < -0.4 is 16.0 Å². The van der Waals surface area contributed by atoms with Gasteiger partial charge in [-0.1, -0.05) is 43.6 Å². The fourth-order valence-corrected chi connectivity index (χ4v) is 4.45. The standard InChI is InChI=1S/C27H23ClFN5O2S/c1-16(2)37-23-9-4-3-8-22(23)32-25-19(26(36)33-24-20(28)6-5-7-21(24)29)14-30-27(34-25)31-18-12-10-17(15-35)11-13-18/h3-16H,1-2H3,(H,33,36)(H2,30,31,32,34). The lowest BCUT2D eigenvalue weighted by Crippen LogP contribution is -2.17. The van der Waals surface area contributed by atoms with Crippen molar-refractivity contribution in [2.45, 2.75) is 24.0 Å². The Bertz CT molecular complexity index is 1410. The molecule has 0 saturated heterocycles. The number of anilines is 5. The molecule has 188 valence electrons. The SMILES string of the molecule is CC(C)Sc1ccccc1Nc1nc(Nc2ccc(C=O)cc2)ncc1C(=O)Nc1c(F)cccc1Cl. The molecule has 10 heteroatoms. The molecule has 0 aliphatic rings. The van der Waals surface area contributed by atoms with Crippen molar-refractivity contribution in [3.05, 3.63) is 94.9 Å². The van der Waals surface area contributed by atoms with Gasteiger partial charge in [0.2, 0.25) is 5.95 Å². The molecule has 0 spiro atoms. The summed E-state index contributed by atoms with van der Waals surface area (Å²) in [5.41, 5.74) is 1.90. The van der Waals surface area contributed by atoms with Gasteiger partial charge in [0, 0.05) is 27.6 Å². The lowest BCUT2D eigenvalue weighted by molar-refractivity contribution is 0.102. The van der Waals surface area contributed by atoms with E-state index in [4.69, 9.17) is 11.6 Å². The van der Waals surface area contributed by atoms with E-state index >= 15 is 0 Å². The topological polar surface area (TPSA) is 96.0 Å². The molecule has 37 heavy (non-hydrogen) atoms. The Kier molecular flexibility index (Phi) is 8.37. The quantitative estimate of drug-likeness (QED) is 0.152. The predicted octanol–water partition coefficient (Wildman–Crippen LogP) is 7.32. The maximum Gasteiger partial charge on any atom is 0.261 e. The highest BCUT2D eigenvalue weighted by Gasteiger charge is 2.19. The summed E-state index contributed by atoms with van der Waals surface area (Å²) in [5.74, 6) is -0.864. The minimum Gasteiger partial charge on any atom is -0.338 e. The van der Waals surface area contributed by atoms with E-state index in [0.717, 1.165) is 16.9 Å². The number of aldehydes is 1. The molecule has 0 atom stereocenters. The van der Waals surface area contributed by atoms with E-state index in [1.807, 2.05) is 24.3 Å². The molecular weight excluding hydrogens is 513 g/mol. The van der Waals surface area contributed by atoms with Gasteiger partial charge in [-0.3, -0.25) is 9.59 Å². The number of thioether (sulfide) groups is 1. The monoisotopic (exact) mass is 535 g/mol. The molecule has 0 saturated carbocycles. The zero-order valence-electron chi connectivity index (χ0n) is 20.0. The van der Waals surface area contributed by atoms with Gasteiger partial charge in [-0.15, -0.1) is 11.8 Å². The number of rotatable bonds is 9. The highest BCUT2D eigenvalue weighted by atomic mass is 35.5. The van der Waals surface area contributed by atoms with Gasteiger partial charge in [0.25, 0.3) is 5.91 Å². The van der Waals surface area contributed by atoms with Crippen LogP contribution in [0.3, 0.4) is 0 Å². The van der Waals surface area contributed by atoms with Crippen LogP contribution in [0.4, 0.5) is 33.2 Å². The van der Waals surface area contributed by atoms with Gasteiger partial charge >= 0.3 is 0 Å². The number of carbonyl (C=O) groups excluding carboxylic acids is 2. The van der Waals surface area contributed by atoms with Crippen molar-refractivity contribution < 1.29 is 14.0 Å². The van der Waals surface area contributed by atoms with E-state index < -0.39 is 11.7 Å². The molecule has 0 bridgehead atoms. The predicted molar refractivity (Wildman–Crippen MR) is 147 cm³/mol. The van der Waals surface area contributed by atoms with Crippen LogP contribution in [0.2, 0.25) is 5.02 Å². The summed E-state index contributed by atoms with van der Waals surface area (Å²) in [5, 5.41) is 9.23. The zero-order chi connectivity index (χ0) is 26.4. The van der Waals surface area contributed by atoms with Gasteiger partial charge in [-0.05, 0) is 48.5 Å². The number of hydrogen-bond acceptors (Lipinski definition) is 7. The van der Waals surface area contributed by atoms with Crippen molar-refractivity contribution in [1.82, 2.24) is 9.97 Å². The van der Waals surface area contributed by atoms with E-state index in [2.05, 4.69) is 39.8 Å². The van der Waals surface area contributed by atoms with E-state index in [-0.39, 0.29) is 28.0 Å². The Morgan fingerprint density at radius 1 is 1.03 bits per heavy atom. The minimum absolute atomic E-state index is 0.0690. The third-order valence-corrected chi connectivity index (χ3v) is 6.44. The van der Waals surface area contributed by atoms with Crippen LogP contribution in [-0.4, -0.2) is 27.4 Å². The second-order valence-corrected chi connectivity index (χ2v) is 10.2. The first-order chi connectivity index (χ1) is 17.8. The number of nitrogens with zero attached hydrogens (tertiary/aromatic N) is 2. The van der Waals surface area contributed by atoms with Crippen molar-refractivity contribution in [2.75, 3.05) is 16.0 Å². The summed E-state index contributed by atoms with van der Waals surface area (Å²) < 4.78 is 14.3. The second kappa shape index (κ2) is 11.9. The molecule has 7 nitrogen and oxygen atoms in total. The number of aromatic nitrogens is 2. The molecule has 4 aromatic rings. The van der Waals surface area contributed by atoms with Crippen molar-refractivity contribution in [1.29, 1.82) is 0 Å². The van der Waals surface area contributed by atoms with Crippen LogP contribution in [0, 0.1) is 5.82 Å². The Hall–Kier alpha value is -3.95. The first kappa shape index (κ1) is 26.1. The van der Waals surface area contributed by atoms with Gasteiger partial charge in [0.05, 0.1) is 16.4 Å². The van der Waals surface area contributed by atoms with E-state index in [1.165, 1.54) is 24.4 Å². The van der Waals surface area contributed by atoms with Crippen molar-refractivity contribution in [3.8, 4) is 0 Å². The summed E-state index contributed by atoms with van der Waals surface area (Å²) in [6.45, 7) is 4.17. The summed E-state index contributed by atoms with van der Waals surface area (Å²) in [7, 11) is 0. The molecule has 1 amide bonds. The Morgan fingerprint density at radius 3 is 2.49 bits per heavy atom. The number of carbonyl (C=O) groups is 2. The molecular formula is C27H23ClFN5O2S. The lowest BCUT2D eigenvalue weighted by atomic mass is 10.2. The maximum atomic E-state index is 14.3. The summed E-state index contributed by atoms with van der Waals surface area (Å²) in [6.07, 6.45) is 2.10. The van der Waals surface area contributed by atoms with Gasteiger partial charge in [-0.2, -0.15) is 4.98 Å². The number of benzene rings is 3. The average Bonchev–Trinajstić information content (AvgIpc) is 2.88. The first-order valence-electron chi connectivity index (χ1n) is 11.3. The smallest absolute Gasteiger partial charge is 0.261 e. The second-order valence-electron chi connectivity index (χ2n) is 8.16. The Balaban J connectivity index is 1.70. The Labute approximate surface area is 222 Å². The highest BCUT2D eigenvalue weighted by molar-refractivity contribution is 8.00. The number of hydrogen-bond donors (Lipinski definition) is 3. The van der Waals surface area contributed by atoms with Crippen LogP contribution in [0.15, 0.2) is 77.8 Å². The van der Waals surface area contributed by atoms with Crippen LogP contribution in [0.25, 0.3) is 0 Å². The number of nitrogens with one attached hydrogen (secondary N) is 3. The van der Waals surface area contributed by atoms with Gasteiger partial charge in [-0.25, -0.2) is 9.37 Å². The zero-order valence-corrected chi connectivity index (χ0v) is 21.5. The summed E-state index contributed by atoms with van der Waals surface area (Å²) >= 11 is 7.76.